The maximum atomic E-state index is 12.7. The summed E-state index contributed by atoms with van der Waals surface area (Å²) in [6, 6.07) is 7.35. The van der Waals surface area contributed by atoms with E-state index in [1.165, 1.54) is 0 Å². The van der Waals surface area contributed by atoms with E-state index in [2.05, 4.69) is 0 Å². The first-order valence-electron chi connectivity index (χ1n) is 8.90. The van der Waals surface area contributed by atoms with Gasteiger partial charge in [-0.1, -0.05) is 6.07 Å². The minimum absolute atomic E-state index is 0.0356. The molecule has 1 fully saturated rings. The van der Waals surface area contributed by atoms with Gasteiger partial charge >= 0.3 is 6.03 Å². The lowest BCUT2D eigenvalue weighted by Gasteiger charge is -2.35. The molecule has 0 spiro atoms. The quantitative estimate of drug-likeness (QED) is 0.775. The van der Waals surface area contributed by atoms with Gasteiger partial charge < -0.3 is 24.2 Å². The van der Waals surface area contributed by atoms with Gasteiger partial charge in [-0.3, -0.25) is 4.79 Å². The van der Waals surface area contributed by atoms with Crippen molar-refractivity contribution in [2.45, 2.75) is 12.8 Å². The molecule has 0 aliphatic carbocycles. The largest absolute Gasteiger partial charge is 0.497 e. The van der Waals surface area contributed by atoms with E-state index < -0.39 is 0 Å². The van der Waals surface area contributed by atoms with Crippen LogP contribution in [0.4, 0.5) is 4.79 Å². The standard InChI is InChI=1S/C19H29N3O4/c1-20(2)19(24)22-10-6-7-15(14-22)18(23)21(3)11-12-26-17-9-5-8-16(13-17)25-4/h5,8-9,13,15H,6-7,10-12,14H2,1-4H3. The van der Waals surface area contributed by atoms with E-state index >= 15 is 0 Å². The summed E-state index contributed by atoms with van der Waals surface area (Å²) >= 11 is 0. The first kappa shape index (κ1) is 19.9. The number of carbonyl (C=O) groups excluding carboxylic acids is 2. The van der Waals surface area contributed by atoms with Gasteiger partial charge in [-0.2, -0.15) is 0 Å². The number of likely N-dealkylation sites (tertiary alicyclic amines) is 1. The van der Waals surface area contributed by atoms with Gasteiger partial charge in [0, 0.05) is 40.3 Å². The number of benzene rings is 1. The summed E-state index contributed by atoms with van der Waals surface area (Å²) in [6.45, 7) is 2.09. The van der Waals surface area contributed by atoms with Gasteiger partial charge in [-0.05, 0) is 25.0 Å². The molecule has 1 aliphatic rings. The van der Waals surface area contributed by atoms with Crippen molar-refractivity contribution < 1.29 is 19.1 Å². The van der Waals surface area contributed by atoms with Gasteiger partial charge in [0.1, 0.15) is 18.1 Å². The van der Waals surface area contributed by atoms with Crippen LogP contribution in [0.3, 0.4) is 0 Å². The number of hydrogen-bond acceptors (Lipinski definition) is 4. The smallest absolute Gasteiger partial charge is 0.319 e. The van der Waals surface area contributed by atoms with Gasteiger partial charge in [-0.25, -0.2) is 4.79 Å². The highest BCUT2D eigenvalue weighted by Gasteiger charge is 2.30. The second kappa shape index (κ2) is 9.31. The fraction of sp³-hybridized carbons (Fsp3) is 0.579. The third kappa shape index (κ3) is 5.28. The molecule has 1 unspecified atom stereocenters. The first-order valence-corrected chi connectivity index (χ1v) is 8.90. The minimum atomic E-state index is -0.144. The molecule has 1 atom stereocenters. The topological polar surface area (TPSA) is 62.3 Å². The van der Waals surface area contributed by atoms with Crippen molar-refractivity contribution in [2.24, 2.45) is 5.92 Å². The Bertz CT molecular complexity index is 621. The van der Waals surface area contributed by atoms with Crippen LogP contribution in [0.25, 0.3) is 0 Å². The molecule has 0 saturated carbocycles. The number of piperidine rings is 1. The van der Waals surface area contributed by atoms with Crippen LogP contribution in [-0.4, -0.2) is 81.1 Å². The molecule has 0 aromatic heterocycles. The Morgan fingerprint density at radius 2 is 1.96 bits per heavy atom. The summed E-state index contributed by atoms with van der Waals surface area (Å²) in [5.74, 6) is 1.37. The van der Waals surface area contributed by atoms with Crippen LogP contribution in [0.2, 0.25) is 0 Å². The Morgan fingerprint density at radius 1 is 1.23 bits per heavy atom. The lowest BCUT2D eigenvalue weighted by atomic mass is 9.97. The van der Waals surface area contributed by atoms with Crippen molar-refractivity contribution in [1.29, 1.82) is 0 Å². The molecule has 0 radical (unpaired) electrons. The predicted octanol–water partition coefficient (Wildman–Crippen LogP) is 1.93. The van der Waals surface area contributed by atoms with Crippen LogP contribution in [0, 0.1) is 5.92 Å². The number of rotatable bonds is 6. The maximum absolute atomic E-state index is 12.7. The van der Waals surface area contributed by atoms with Gasteiger partial charge in [0.2, 0.25) is 5.91 Å². The second-order valence-electron chi connectivity index (χ2n) is 6.75. The number of carbonyl (C=O) groups is 2. The van der Waals surface area contributed by atoms with Gasteiger partial charge in [0.05, 0.1) is 19.6 Å². The Morgan fingerprint density at radius 3 is 2.65 bits per heavy atom. The third-order valence-electron chi connectivity index (χ3n) is 4.54. The summed E-state index contributed by atoms with van der Waals surface area (Å²) in [6.07, 6.45) is 1.67. The second-order valence-corrected chi connectivity index (χ2v) is 6.75. The van der Waals surface area contributed by atoms with E-state index in [0.29, 0.717) is 32.0 Å². The van der Waals surface area contributed by atoms with Crippen LogP contribution >= 0.6 is 0 Å². The number of methoxy groups -OCH3 is 1. The summed E-state index contributed by atoms with van der Waals surface area (Å²) in [7, 11) is 6.86. The molecule has 7 nitrogen and oxygen atoms in total. The first-order chi connectivity index (χ1) is 12.4. The molecule has 1 aromatic rings. The Hall–Kier alpha value is -2.44. The lowest BCUT2D eigenvalue weighted by Crippen LogP contribution is -2.49. The molecule has 1 heterocycles. The Kier molecular flexibility index (Phi) is 7.12. The monoisotopic (exact) mass is 363 g/mol. The van der Waals surface area contributed by atoms with Gasteiger partial charge in [0.15, 0.2) is 0 Å². The zero-order chi connectivity index (χ0) is 19.1. The van der Waals surface area contributed by atoms with Gasteiger partial charge in [-0.15, -0.1) is 0 Å². The van der Waals surface area contributed by atoms with E-state index in [0.717, 1.165) is 18.6 Å². The van der Waals surface area contributed by atoms with Crippen LogP contribution in [-0.2, 0) is 4.79 Å². The molecule has 144 valence electrons. The fourth-order valence-corrected chi connectivity index (χ4v) is 3.05. The van der Waals surface area contributed by atoms with Crippen molar-refractivity contribution in [3.8, 4) is 11.5 Å². The Balaban J connectivity index is 1.81. The minimum Gasteiger partial charge on any atom is -0.497 e. The molecular formula is C19H29N3O4. The van der Waals surface area contributed by atoms with Crippen molar-refractivity contribution in [1.82, 2.24) is 14.7 Å². The van der Waals surface area contributed by atoms with E-state index in [1.807, 2.05) is 24.3 Å². The predicted molar refractivity (Wildman–Crippen MR) is 99.5 cm³/mol. The van der Waals surface area contributed by atoms with Crippen molar-refractivity contribution in [2.75, 3.05) is 54.5 Å². The average Bonchev–Trinajstić information content (AvgIpc) is 2.66. The summed E-state index contributed by atoms with van der Waals surface area (Å²) < 4.78 is 10.9. The maximum Gasteiger partial charge on any atom is 0.319 e. The molecule has 1 aliphatic heterocycles. The highest BCUT2D eigenvalue weighted by molar-refractivity contribution is 5.80. The molecule has 1 saturated heterocycles. The third-order valence-corrected chi connectivity index (χ3v) is 4.54. The van der Waals surface area contributed by atoms with Crippen LogP contribution in [0.5, 0.6) is 11.5 Å². The van der Waals surface area contributed by atoms with E-state index in [9.17, 15) is 9.59 Å². The lowest BCUT2D eigenvalue weighted by molar-refractivity contribution is -0.135. The number of amides is 3. The SMILES string of the molecule is COc1cccc(OCCN(C)C(=O)C2CCCN(C(=O)N(C)C)C2)c1. The molecule has 3 amide bonds. The highest BCUT2D eigenvalue weighted by Crippen LogP contribution is 2.20. The van der Waals surface area contributed by atoms with Crippen molar-refractivity contribution >= 4 is 11.9 Å². The normalized spacial score (nSPS) is 16.8. The van der Waals surface area contributed by atoms with Crippen LogP contribution < -0.4 is 9.47 Å². The molecule has 7 heteroatoms. The van der Waals surface area contributed by atoms with Crippen molar-refractivity contribution in [3.63, 3.8) is 0 Å². The summed E-state index contributed by atoms with van der Waals surface area (Å²) in [4.78, 5) is 29.8. The highest BCUT2D eigenvalue weighted by atomic mass is 16.5. The van der Waals surface area contributed by atoms with Crippen LogP contribution in [0.1, 0.15) is 12.8 Å². The number of ether oxygens (including phenoxy) is 2. The fourth-order valence-electron chi connectivity index (χ4n) is 3.05. The zero-order valence-electron chi connectivity index (χ0n) is 16.1. The number of likely N-dealkylation sites (N-methyl/N-ethyl adjacent to an activating group) is 1. The molecule has 26 heavy (non-hydrogen) atoms. The number of urea groups is 1. The van der Waals surface area contributed by atoms with Gasteiger partial charge in [0.25, 0.3) is 0 Å². The molecule has 2 rings (SSSR count). The number of nitrogens with zero attached hydrogens (tertiary/aromatic N) is 3. The summed E-state index contributed by atoms with van der Waals surface area (Å²) in [5, 5.41) is 0. The molecular weight excluding hydrogens is 334 g/mol. The zero-order valence-corrected chi connectivity index (χ0v) is 16.1. The van der Waals surface area contributed by atoms with E-state index in [1.54, 1.807) is 43.0 Å². The molecule has 0 N–H and O–H groups in total. The summed E-state index contributed by atoms with van der Waals surface area (Å²) in [5.41, 5.74) is 0. The molecule has 1 aromatic carbocycles. The van der Waals surface area contributed by atoms with Crippen molar-refractivity contribution in [3.05, 3.63) is 24.3 Å². The van der Waals surface area contributed by atoms with E-state index in [4.69, 9.17) is 9.47 Å². The average molecular weight is 363 g/mol. The Labute approximate surface area is 155 Å². The van der Waals surface area contributed by atoms with E-state index in [-0.39, 0.29) is 17.9 Å². The molecule has 0 bridgehead atoms. The van der Waals surface area contributed by atoms with Crippen LogP contribution in [0.15, 0.2) is 24.3 Å². The number of hydrogen-bond donors (Lipinski definition) is 0.